The molecule has 2 aliphatic rings. The van der Waals surface area contributed by atoms with Gasteiger partial charge in [0.05, 0.1) is 25.5 Å². The van der Waals surface area contributed by atoms with Gasteiger partial charge in [0, 0.05) is 17.7 Å². The van der Waals surface area contributed by atoms with Gasteiger partial charge in [0.25, 0.3) is 5.91 Å². The summed E-state index contributed by atoms with van der Waals surface area (Å²) in [4.78, 5) is 54.5. The van der Waals surface area contributed by atoms with Gasteiger partial charge in [-0.15, -0.1) is 0 Å². The predicted octanol–water partition coefficient (Wildman–Crippen LogP) is 2.65. The van der Waals surface area contributed by atoms with Crippen LogP contribution in [0.25, 0.3) is 0 Å². The fraction of sp³-hybridized carbons (Fsp3) is 0.391. The zero-order valence-electron chi connectivity index (χ0n) is 18.5. The fourth-order valence-corrected chi connectivity index (χ4v) is 4.29. The number of urea groups is 1. The van der Waals surface area contributed by atoms with Crippen LogP contribution in [0.3, 0.4) is 0 Å². The lowest BCUT2D eigenvalue weighted by Crippen LogP contribution is -2.41. The van der Waals surface area contributed by atoms with Crippen molar-refractivity contribution in [2.75, 3.05) is 19.8 Å². The van der Waals surface area contributed by atoms with E-state index in [9.17, 15) is 19.2 Å². The molecule has 1 aromatic carbocycles. The summed E-state index contributed by atoms with van der Waals surface area (Å²) in [6.45, 7) is 6.98. The maximum Gasteiger partial charge on any atom is 0.325 e. The number of nitrogens with zero attached hydrogens (tertiary/aromatic N) is 1. The minimum atomic E-state index is -1.35. The summed E-state index contributed by atoms with van der Waals surface area (Å²) in [5, 5.41) is 2.70. The van der Waals surface area contributed by atoms with Gasteiger partial charge in [-0.1, -0.05) is 6.07 Å². The van der Waals surface area contributed by atoms with Crippen LogP contribution in [0.5, 0.6) is 11.5 Å². The van der Waals surface area contributed by atoms with Gasteiger partial charge in [0.2, 0.25) is 0 Å². The molecule has 0 radical (unpaired) electrons. The number of rotatable bonds is 5. The minimum absolute atomic E-state index is 0.160. The molecule has 1 aromatic heterocycles. The third-order valence-electron chi connectivity index (χ3n) is 5.97. The molecule has 9 nitrogen and oxygen atoms in total. The Labute approximate surface area is 185 Å². The van der Waals surface area contributed by atoms with E-state index in [4.69, 9.17) is 9.47 Å². The molecular formula is C23H25N3O6. The first-order chi connectivity index (χ1) is 15.1. The van der Waals surface area contributed by atoms with Gasteiger partial charge in [-0.25, -0.2) is 4.79 Å². The van der Waals surface area contributed by atoms with Gasteiger partial charge in [-0.3, -0.25) is 19.3 Å². The quantitative estimate of drug-likeness (QED) is 0.546. The molecule has 1 fully saturated rings. The summed E-state index contributed by atoms with van der Waals surface area (Å²) in [6.07, 6.45) is 0.746. The Morgan fingerprint density at radius 2 is 1.81 bits per heavy atom. The smallest absolute Gasteiger partial charge is 0.325 e. The number of hydrogen-bond donors (Lipinski definition) is 2. The number of aryl methyl sites for hydroxylation is 1. The largest absolute Gasteiger partial charge is 0.490 e. The summed E-state index contributed by atoms with van der Waals surface area (Å²) in [6, 6.07) is 4.44. The van der Waals surface area contributed by atoms with Crippen molar-refractivity contribution in [2.24, 2.45) is 0 Å². The lowest BCUT2D eigenvalue weighted by Gasteiger charge is -2.23. The van der Waals surface area contributed by atoms with Crippen molar-refractivity contribution in [3.05, 3.63) is 46.3 Å². The van der Waals surface area contributed by atoms with Crippen LogP contribution < -0.4 is 14.8 Å². The second-order valence-corrected chi connectivity index (χ2v) is 8.26. The number of aromatic nitrogens is 1. The number of ether oxygens (including phenoxy) is 2. The standard InChI is InChI=1S/C23H25N3O6/c1-12-19(14(3)27)13(2)24-20(12)16(28)11-26-21(29)23(4,25-22(26)30)15-6-7-17-18(10-15)32-9-5-8-31-17/h6-7,10,24H,5,8-9,11H2,1-4H3,(H,25,30)/t23-/m0/s1. The maximum absolute atomic E-state index is 13.3. The summed E-state index contributed by atoms with van der Waals surface area (Å²) < 4.78 is 11.3. The molecule has 0 saturated carbocycles. The van der Waals surface area contributed by atoms with Crippen LogP contribution >= 0.6 is 0 Å². The van der Waals surface area contributed by atoms with Crippen LogP contribution in [0.4, 0.5) is 4.79 Å². The number of Topliss-reactive ketones (excluding diaryl/α,β-unsaturated/α-hetero) is 2. The molecule has 2 aliphatic heterocycles. The number of benzene rings is 1. The number of carbonyl (C=O) groups excluding carboxylic acids is 4. The molecular weight excluding hydrogens is 414 g/mol. The first-order valence-electron chi connectivity index (χ1n) is 10.4. The van der Waals surface area contributed by atoms with Gasteiger partial charge >= 0.3 is 6.03 Å². The average Bonchev–Trinajstić information content (AvgIpc) is 3.03. The molecule has 168 valence electrons. The lowest BCUT2D eigenvalue weighted by atomic mass is 9.91. The molecule has 4 rings (SSSR count). The number of imide groups is 1. The van der Waals surface area contributed by atoms with E-state index in [1.165, 1.54) is 6.92 Å². The summed E-state index contributed by atoms with van der Waals surface area (Å²) in [5.74, 6) is -0.0700. The Morgan fingerprint density at radius 3 is 2.47 bits per heavy atom. The first kappa shape index (κ1) is 21.6. The molecule has 3 amide bonds. The van der Waals surface area contributed by atoms with Crippen LogP contribution in [0.1, 0.15) is 57.9 Å². The third-order valence-corrected chi connectivity index (χ3v) is 5.97. The highest BCUT2D eigenvalue weighted by atomic mass is 16.5. The SMILES string of the molecule is CC(=O)c1c(C)[nH]c(C(=O)CN2C(=O)N[C@@](C)(c3ccc4c(c3)OCCCO4)C2=O)c1C. The zero-order chi connectivity index (χ0) is 23.2. The number of aromatic amines is 1. The number of nitrogens with one attached hydrogen (secondary N) is 2. The van der Waals surface area contributed by atoms with Gasteiger partial charge in [0.1, 0.15) is 5.54 Å². The Bertz CT molecular complexity index is 1150. The van der Waals surface area contributed by atoms with Crippen LogP contribution in [0.2, 0.25) is 0 Å². The van der Waals surface area contributed by atoms with E-state index in [0.717, 1.165) is 11.3 Å². The highest BCUT2D eigenvalue weighted by molar-refractivity contribution is 6.12. The number of H-pyrrole nitrogens is 1. The van der Waals surface area contributed by atoms with Crippen molar-refractivity contribution in [1.82, 2.24) is 15.2 Å². The number of fused-ring (bicyclic) bond motifs is 1. The molecule has 1 saturated heterocycles. The lowest BCUT2D eigenvalue weighted by molar-refractivity contribution is -0.130. The summed E-state index contributed by atoms with van der Waals surface area (Å²) >= 11 is 0. The Kier molecular flexibility index (Phi) is 5.28. The molecule has 0 aliphatic carbocycles. The van der Waals surface area contributed by atoms with Crippen LogP contribution in [-0.2, 0) is 10.3 Å². The van der Waals surface area contributed by atoms with Crippen molar-refractivity contribution in [3.8, 4) is 11.5 Å². The van der Waals surface area contributed by atoms with Crippen molar-refractivity contribution < 1.29 is 28.7 Å². The van der Waals surface area contributed by atoms with E-state index in [1.54, 1.807) is 39.0 Å². The second-order valence-electron chi connectivity index (χ2n) is 8.26. The normalized spacial score (nSPS) is 20.2. The number of ketones is 2. The molecule has 0 unspecified atom stereocenters. The van der Waals surface area contributed by atoms with E-state index in [0.29, 0.717) is 47.1 Å². The summed E-state index contributed by atoms with van der Waals surface area (Å²) in [5.41, 5.74) is 0.930. The molecule has 9 heteroatoms. The number of carbonyl (C=O) groups is 4. The van der Waals surface area contributed by atoms with Crippen molar-refractivity contribution in [1.29, 1.82) is 0 Å². The number of hydrogen-bond acceptors (Lipinski definition) is 6. The highest BCUT2D eigenvalue weighted by Gasteiger charge is 2.50. The highest BCUT2D eigenvalue weighted by Crippen LogP contribution is 2.36. The Hall–Kier alpha value is -3.62. The van der Waals surface area contributed by atoms with E-state index < -0.39 is 29.8 Å². The fourth-order valence-electron chi connectivity index (χ4n) is 4.29. The zero-order valence-corrected chi connectivity index (χ0v) is 18.5. The minimum Gasteiger partial charge on any atom is -0.490 e. The first-order valence-corrected chi connectivity index (χ1v) is 10.4. The molecule has 2 N–H and O–H groups in total. The predicted molar refractivity (Wildman–Crippen MR) is 114 cm³/mol. The van der Waals surface area contributed by atoms with Crippen LogP contribution in [-0.4, -0.2) is 53.1 Å². The van der Waals surface area contributed by atoms with Gasteiger partial charge < -0.3 is 19.8 Å². The Morgan fingerprint density at radius 1 is 1.12 bits per heavy atom. The van der Waals surface area contributed by atoms with Crippen LogP contribution in [0, 0.1) is 13.8 Å². The second kappa shape index (κ2) is 7.81. The molecule has 3 heterocycles. The Balaban J connectivity index is 1.59. The van der Waals surface area contributed by atoms with E-state index >= 15 is 0 Å². The molecule has 0 spiro atoms. The van der Waals surface area contributed by atoms with Gasteiger partial charge in [0.15, 0.2) is 23.1 Å². The monoisotopic (exact) mass is 439 g/mol. The molecule has 1 atom stereocenters. The van der Waals surface area contributed by atoms with Crippen molar-refractivity contribution in [2.45, 2.75) is 39.7 Å². The van der Waals surface area contributed by atoms with E-state index in [1.807, 2.05) is 0 Å². The molecule has 32 heavy (non-hydrogen) atoms. The van der Waals surface area contributed by atoms with Gasteiger partial charge in [-0.05, 0) is 51.0 Å². The van der Waals surface area contributed by atoms with Crippen LogP contribution in [0.15, 0.2) is 18.2 Å². The number of amides is 3. The topological polar surface area (TPSA) is 118 Å². The van der Waals surface area contributed by atoms with E-state index in [-0.39, 0.29) is 11.5 Å². The van der Waals surface area contributed by atoms with Crippen molar-refractivity contribution >= 4 is 23.5 Å². The summed E-state index contributed by atoms with van der Waals surface area (Å²) in [7, 11) is 0. The third kappa shape index (κ3) is 3.43. The van der Waals surface area contributed by atoms with Gasteiger partial charge in [-0.2, -0.15) is 0 Å². The van der Waals surface area contributed by atoms with Crippen molar-refractivity contribution in [3.63, 3.8) is 0 Å². The average molecular weight is 439 g/mol. The van der Waals surface area contributed by atoms with E-state index in [2.05, 4.69) is 10.3 Å². The molecule has 0 bridgehead atoms. The maximum atomic E-state index is 13.3. The molecule has 2 aromatic rings.